The zero-order valence-electron chi connectivity index (χ0n) is 12.1. The van der Waals surface area contributed by atoms with Crippen molar-refractivity contribution in [2.24, 2.45) is 5.92 Å². The lowest BCUT2D eigenvalue weighted by atomic mass is 9.73. The molecule has 1 heterocycles. The molecular weight excluding hydrogens is 272 g/mol. The van der Waals surface area contributed by atoms with Crippen LogP contribution in [0.25, 0.3) is 0 Å². The van der Waals surface area contributed by atoms with Crippen LogP contribution in [0.4, 0.5) is 4.79 Å². The van der Waals surface area contributed by atoms with Crippen molar-refractivity contribution in [3.63, 3.8) is 0 Å². The highest BCUT2D eigenvalue weighted by Gasteiger charge is 2.55. The maximum Gasteiger partial charge on any atom is 0.325 e. The first-order valence-electron chi connectivity index (χ1n) is 7.29. The zero-order chi connectivity index (χ0) is 15.5. The van der Waals surface area contributed by atoms with E-state index in [1.807, 2.05) is 13.0 Å². The minimum atomic E-state index is -0.831. The molecule has 2 rings (SSSR count). The summed E-state index contributed by atoms with van der Waals surface area (Å²) in [6.07, 6.45) is 3.69. The Morgan fingerprint density at radius 1 is 1.52 bits per heavy atom. The lowest BCUT2D eigenvalue weighted by Crippen LogP contribution is -2.54. The van der Waals surface area contributed by atoms with E-state index in [-0.39, 0.29) is 31.3 Å². The molecule has 0 aromatic carbocycles. The number of imide groups is 1. The first-order chi connectivity index (χ1) is 10.0. The third-order valence-electron chi connectivity index (χ3n) is 4.36. The van der Waals surface area contributed by atoms with E-state index in [0.29, 0.717) is 6.42 Å². The van der Waals surface area contributed by atoms with Crippen LogP contribution in [0.15, 0.2) is 0 Å². The highest BCUT2D eigenvalue weighted by molar-refractivity contribution is 6.09. The average molecular weight is 292 g/mol. The summed E-state index contributed by atoms with van der Waals surface area (Å²) in [5.74, 6) is -0.640. The number of nitrogens with one attached hydrogen (secondary N) is 2. The fourth-order valence-corrected chi connectivity index (χ4v) is 3.10. The Morgan fingerprint density at radius 2 is 2.29 bits per heavy atom. The van der Waals surface area contributed by atoms with Crippen molar-refractivity contribution >= 4 is 17.8 Å². The number of carbonyl (C=O) groups is 3. The van der Waals surface area contributed by atoms with Gasteiger partial charge in [-0.3, -0.25) is 14.5 Å². The Bertz CT molecular complexity index is 499. The van der Waals surface area contributed by atoms with Crippen molar-refractivity contribution in [3.05, 3.63) is 0 Å². The average Bonchev–Trinajstić information content (AvgIpc) is 2.68. The van der Waals surface area contributed by atoms with E-state index >= 15 is 0 Å². The van der Waals surface area contributed by atoms with E-state index in [2.05, 4.69) is 10.6 Å². The number of nitrogens with zero attached hydrogens (tertiary/aromatic N) is 2. The van der Waals surface area contributed by atoms with Gasteiger partial charge in [-0.25, -0.2) is 4.79 Å². The molecule has 114 valence electrons. The number of amides is 4. The molecule has 7 nitrogen and oxygen atoms in total. The minimum absolute atomic E-state index is 0.0781. The molecule has 0 unspecified atom stereocenters. The lowest BCUT2D eigenvalue weighted by molar-refractivity contribution is -0.137. The van der Waals surface area contributed by atoms with Crippen LogP contribution < -0.4 is 10.6 Å². The molecule has 2 aliphatic rings. The van der Waals surface area contributed by atoms with E-state index in [1.54, 1.807) is 0 Å². The van der Waals surface area contributed by atoms with Gasteiger partial charge >= 0.3 is 6.03 Å². The Morgan fingerprint density at radius 3 is 2.95 bits per heavy atom. The number of urea groups is 1. The van der Waals surface area contributed by atoms with Crippen LogP contribution in [0.3, 0.4) is 0 Å². The Labute approximate surface area is 123 Å². The molecule has 0 radical (unpaired) electrons. The fourth-order valence-electron chi connectivity index (χ4n) is 3.10. The van der Waals surface area contributed by atoms with Gasteiger partial charge < -0.3 is 10.6 Å². The van der Waals surface area contributed by atoms with Gasteiger partial charge in [0.15, 0.2) is 0 Å². The van der Waals surface area contributed by atoms with Crippen molar-refractivity contribution in [2.45, 2.75) is 44.6 Å². The van der Waals surface area contributed by atoms with Gasteiger partial charge in [0.2, 0.25) is 5.91 Å². The predicted octanol–water partition coefficient (Wildman–Crippen LogP) is 0.517. The third-order valence-corrected chi connectivity index (χ3v) is 4.36. The van der Waals surface area contributed by atoms with Gasteiger partial charge in [0, 0.05) is 6.54 Å². The standard InChI is InChI=1S/C14H20N4O3/c1-10-5-2-3-6-14(10)12(20)18(13(21)17-14)9-11(19)16-8-4-7-15/h10H,2-6,8-9H2,1H3,(H,16,19)(H,17,21)/t10-,14+/m1/s1. The van der Waals surface area contributed by atoms with E-state index in [1.165, 1.54) is 0 Å². The number of hydrogen-bond acceptors (Lipinski definition) is 4. The second-order valence-corrected chi connectivity index (χ2v) is 5.70. The summed E-state index contributed by atoms with van der Waals surface area (Å²) in [5.41, 5.74) is -0.831. The summed E-state index contributed by atoms with van der Waals surface area (Å²) in [5, 5.41) is 13.7. The fraction of sp³-hybridized carbons (Fsp3) is 0.714. The van der Waals surface area contributed by atoms with Crippen LogP contribution in [-0.2, 0) is 9.59 Å². The second-order valence-electron chi connectivity index (χ2n) is 5.70. The Kier molecular flexibility index (Phi) is 4.46. The predicted molar refractivity (Wildman–Crippen MR) is 73.8 cm³/mol. The Hall–Kier alpha value is -2.10. The van der Waals surface area contributed by atoms with Gasteiger partial charge in [0.25, 0.3) is 5.91 Å². The maximum atomic E-state index is 12.6. The molecule has 1 aliphatic heterocycles. The van der Waals surface area contributed by atoms with E-state index in [9.17, 15) is 14.4 Å². The SMILES string of the molecule is C[C@@H]1CCCC[C@]12NC(=O)N(CC(=O)NCCC#N)C2=O. The van der Waals surface area contributed by atoms with Crippen molar-refractivity contribution in [3.8, 4) is 6.07 Å². The van der Waals surface area contributed by atoms with Crippen LogP contribution >= 0.6 is 0 Å². The molecule has 1 spiro atoms. The first kappa shape index (κ1) is 15.3. The number of carbonyl (C=O) groups excluding carboxylic acids is 3. The van der Waals surface area contributed by atoms with Gasteiger partial charge in [-0.2, -0.15) is 5.26 Å². The second kappa shape index (κ2) is 6.12. The van der Waals surface area contributed by atoms with Crippen LogP contribution in [-0.4, -0.2) is 41.4 Å². The van der Waals surface area contributed by atoms with Crippen molar-refractivity contribution in [2.75, 3.05) is 13.1 Å². The Balaban J connectivity index is 2.02. The summed E-state index contributed by atoms with van der Waals surface area (Å²) in [6.45, 7) is 1.90. The smallest absolute Gasteiger partial charge is 0.325 e. The number of rotatable bonds is 4. The van der Waals surface area contributed by atoms with Gasteiger partial charge in [-0.1, -0.05) is 19.8 Å². The summed E-state index contributed by atoms with van der Waals surface area (Å²) >= 11 is 0. The molecule has 1 saturated heterocycles. The third kappa shape index (κ3) is 2.84. The highest BCUT2D eigenvalue weighted by atomic mass is 16.2. The van der Waals surface area contributed by atoms with Crippen molar-refractivity contribution in [1.29, 1.82) is 5.26 Å². The monoisotopic (exact) mass is 292 g/mol. The van der Waals surface area contributed by atoms with Crippen LogP contribution in [0.5, 0.6) is 0 Å². The molecule has 0 bridgehead atoms. The molecule has 0 aromatic rings. The molecule has 0 aromatic heterocycles. The lowest BCUT2D eigenvalue weighted by Gasteiger charge is -2.36. The molecular formula is C14H20N4O3. The molecule has 2 atom stereocenters. The van der Waals surface area contributed by atoms with E-state index < -0.39 is 17.5 Å². The van der Waals surface area contributed by atoms with Crippen LogP contribution in [0.1, 0.15) is 39.0 Å². The number of nitriles is 1. The molecule has 7 heteroatoms. The zero-order valence-corrected chi connectivity index (χ0v) is 12.1. The van der Waals surface area contributed by atoms with Gasteiger partial charge in [-0.05, 0) is 18.8 Å². The van der Waals surface area contributed by atoms with Crippen molar-refractivity contribution < 1.29 is 14.4 Å². The number of hydrogen-bond donors (Lipinski definition) is 2. The summed E-state index contributed by atoms with van der Waals surface area (Å²) in [7, 11) is 0. The van der Waals surface area contributed by atoms with Gasteiger partial charge in [0.1, 0.15) is 12.1 Å². The van der Waals surface area contributed by atoms with Crippen LogP contribution in [0, 0.1) is 17.2 Å². The minimum Gasteiger partial charge on any atom is -0.354 e. The summed E-state index contributed by atoms with van der Waals surface area (Å²) < 4.78 is 0. The normalized spacial score (nSPS) is 28.4. The molecule has 1 saturated carbocycles. The molecule has 1 aliphatic carbocycles. The molecule has 2 fully saturated rings. The topological polar surface area (TPSA) is 102 Å². The van der Waals surface area contributed by atoms with Crippen molar-refractivity contribution in [1.82, 2.24) is 15.5 Å². The highest BCUT2D eigenvalue weighted by Crippen LogP contribution is 2.37. The summed E-state index contributed by atoms with van der Waals surface area (Å²) in [4.78, 5) is 37.3. The molecule has 2 N–H and O–H groups in total. The quantitative estimate of drug-likeness (QED) is 0.582. The van der Waals surface area contributed by atoms with E-state index in [4.69, 9.17) is 5.26 Å². The first-order valence-corrected chi connectivity index (χ1v) is 7.29. The van der Waals surface area contributed by atoms with Gasteiger partial charge in [-0.15, -0.1) is 0 Å². The molecule has 4 amide bonds. The van der Waals surface area contributed by atoms with Gasteiger partial charge in [0.05, 0.1) is 12.5 Å². The maximum absolute atomic E-state index is 12.6. The van der Waals surface area contributed by atoms with Crippen LogP contribution in [0.2, 0.25) is 0 Å². The molecule has 21 heavy (non-hydrogen) atoms. The van der Waals surface area contributed by atoms with E-state index in [0.717, 1.165) is 24.2 Å². The summed E-state index contributed by atoms with van der Waals surface area (Å²) in [6, 6.07) is 1.42. The largest absolute Gasteiger partial charge is 0.354 e.